The Morgan fingerprint density at radius 2 is 1.84 bits per heavy atom. The molecule has 1 rings (SSSR count). The van der Waals surface area contributed by atoms with Crippen molar-refractivity contribution in [1.29, 1.82) is 0 Å². The van der Waals surface area contributed by atoms with Gasteiger partial charge in [-0.05, 0) is 26.2 Å². The third-order valence-electron chi connectivity index (χ3n) is 3.74. The van der Waals surface area contributed by atoms with Crippen LogP contribution in [0.5, 0.6) is 0 Å². The summed E-state index contributed by atoms with van der Waals surface area (Å²) in [7, 11) is 0. The van der Waals surface area contributed by atoms with Crippen molar-refractivity contribution in [2.24, 2.45) is 17.6 Å². The third-order valence-corrected chi connectivity index (χ3v) is 3.74. The Balaban J connectivity index is 2.84. The summed E-state index contributed by atoms with van der Waals surface area (Å²) in [6, 6.07) is 0. The molecular formula is C13H20N2O4. The molecule has 1 aliphatic rings. The predicted molar refractivity (Wildman–Crippen MR) is 69.0 cm³/mol. The summed E-state index contributed by atoms with van der Waals surface area (Å²) in [6.07, 6.45) is 4.59. The van der Waals surface area contributed by atoms with Crippen LogP contribution in [0.1, 0.15) is 33.1 Å². The number of amides is 2. The second kappa shape index (κ2) is 5.86. The minimum absolute atomic E-state index is 0.326. The standard InChI is InChI=1S/C13H20N2O4/c1-3-13(2,12(14)19)15-10(16)8-6-4-5-7-9(8)11(17)18/h4-5,8-9H,3,6-7H2,1-2H3,(H2,14,19)(H,15,16)(H,17,18). The largest absolute Gasteiger partial charge is 0.481 e. The lowest BCUT2D eigenvalue weighted by molar-refractivity contribution is -0.148. The Labute approximate surface area is 112 Å². The van der Waals surface area contributed by atoms with Gasteiger partial charge >= 0.3 is 5.97 Å². The van der Waals surface area contributed by atoms with Gasteiger partial charge in [0.1, 0.15) is 5.54 Å². The van der Waals surface area contributed by atoms with E-state index >= 15 is 0 Å². The van der Waals surface area contributed by atoms with Gasteiger partial charge in [0.25, 0.3) is 0 Å². The number of primary amides is 1. The van der Waals surface area contributed by atoms with Crippen molar-refractivity contribution in [3.05, 3.63) is 12.2 Å². The monoisotopic (exact) mass is 268 g/mol. The predicted octanol–water partition coefficient (Wildman–Crippen LogP) is 0.424. The quantitative estimate of drug-likeness (QED) is 0.628. The molecule has 3 atom stereocenters. The van der Waals surface area contributed by atoms with Gasteiger partial charge in [0, 0.05) is 0 Å². The number of carboxylic acid groups (broad SMARTS) is 1. The normalized spacial score (nSPS) is 25.4. The van der Waals surface area contributed by atoms with Crippen LogP contribution in [0.15, 0.2) is 12.2 Å². The molecule has 0 spiro atoms. The van der Waals surface area contributed by atoms with Gasteiger partial charge in [-0.1, -0.05) is 19.1 Å². The molecule has 6 nitrogen and oxygen atoms in total. The number of carbonyl (C=O) groups is 3. The van der Waals surface area contributed by atoms with E-state index in [1.54, 1.807) is 26.0 Å². The highest BCUT2D eigenvalue weighted by molar-refractivity contribution is 5.92. The van der Waals surface area contributed by atoms with E-state index in [1.807, 2.05) is 0 Å². The fraction of sp³-hybridized carbons (Fsp3) is 0.615. The lowest BCUT2D eigenvalue weighted by atomic mass is 9.81. The van der Waals surface area contributed by atoms with Gasteiger partial charge in [0.2, 0.25) is 11.8 Å². The molecule has 3 unspecified atom stereocenters. The average molecular weight is 268 g/mol. The highest BCUT2D eigenvalue weighted by atomic mass is 16.4. The molecule has 0 aromatic rings. The molecule has 0 aliphatic heterocycles. The van der Waals surface area contributed by atoms with Crippen LogP contribution < -0.4 is 11.1 Å². The van der Waals surface area contributed by atoms with Crippen LogP contribution in [0.25, 0.3) is 0 Å². The maximum absolute atomic E-state index is 12.2. The summed E-state index contributed by atoms with van der Waals surface area (Å²) < 4.78 is 0. The molecule has 19 heavy (non-hydrogen) atoms. The number of aliphatic carboxylic acids is 1. The first-order valence-corrected chi connectivity index (χ1v) is 6.31. The van der Waals surface area contributed by atoms with Crippen LogP contribution in [0.3, 0.4) is 0 Å². The molecule has 0 bridgehead atoms. The van der Waals surface area contributed by atoms with Crippen LogP contribution in [-0.4, -0.2) is 28.4 Å². The Hall–Kier alpha value is -1.85. The molecular weight excluding hydrogens is 248 g/mol. The Bertz CT molecular complexity index is 419. The Kier molecular flexibility index (Phi) is 4.69. The first kappa shape index (κ1) is 15.2. The molecule has 0 fully saturated rings. The first-order chi connectivity index (χ1) is 8.81. The third kappa shape index (κ3) is 3.33. The van der Waals surface area contributed by atoms with Crippen molar-refractivity contribution in [2.45, 2.75) is 38.6 Å². The van der Waals surface area contributed by atoms with Crippen LogP contribution in [0.4, 0.5) is 0 Å². The SMILES string of the molecule is CCC(C)(NC(=O)C1CC=CCC1C(=O)O)C(N)=O. The van der Waals surface area contributed by atoms with E-state index in [-0.39, 0.29) is 0 Å². The highest BCUT2D eigenvalue weighted by Crippen LogP contribution is 2.27. The van der Waals surface area contributed by atoms with E-state index < -0.39 is 35.2 Å². The van der Waals surface area contributed by atoms with E-state index in [0.29, 0.717) is 19.3 Å². The van der Waals surface area contributed by atoms with Crippen molar-refractivity contribution in [3.8, 4) is 0 Å². The molecule has 4 N–H and O–H groups in total. The maximum Gasteiger partial charge on any atom is 0.307 e. The summed E-state index contributed by atoms with van der Waals surface area (Å²) >= 11 is 0. The van der Waals surface area contributed by atoms with Crippen molar-refractivity contribution in [3.63, 3.8) is 0 Å². The lowest BCUT2D eigenvalue weighted by Gasteiger charge is -2.31. The van der Waals surface area contributed by atoms with Crippen LogP contribution >= 0.6 is 0 Å². The molecule has 0 aromatic carbocycles. The van der Waals surface area contributed by atoms with Gasteiger partial charge in [0.05, 0.1) is 11.8 Å². The van der Waals surface area contributed by atoms with E-state index in [9.17, 15) is 14.4 Å². The molecule has 0 saturated carbocycles. The van der Waals surface area contributed by atoms with Gasteiger partial charge in [-0.25, -0.2) is 0 Å². The fourth-order valence-corrected chi connectivity index (χ4v) is 2.07. The van der Waals surface area contributed by atoms with Crippen LogP contribution in [0.2, 0.25) is 0 Å². The van der Waals surface area contributed by atoms with E-state index in [0.717, 1.165) is 0 Å². The molecule has 0 saturated heterocycles. The molecule has 6 heteroatoms. The topological polar surface area (TPSA) is 109 Å². The number of hydrogen-bond acceptors (Lipinski definition) is 3. The highest BCUT2D eigenvalue weighted by Gasteiger charge is 2.38. The summed E-state index contributed by atoms with van der Waals surface area (Å²) in [5.41, 5.74) is 4.13. The molecule has 2 amide bonds. The van der Waals surface area contributed by atoms with Crippen molar-refractivity contribution in [2.75, 3.05) is 0 Å². The van der Waals surface area contributed by atoms with Crippen molar-refractivity contribution >= 4 is 17.8 Å². The van der Waals surface area contributed by atoms with Gasteiger partial charge in [-0.15, -0.1) is 0 Å². The molecule has 0 radical (unpaired) electrons. The number of rotatable bonds is 5. The molecule has 0 heterocycles. The molecule has 0 aromatic heterocycles. The lowest BCUT2D eigenvalue weighted by Crippen LogP contribution is -2.57. The average Bonchev–Trinajstić information content (AvgIpc) is 2.38. The number of carboxylic acids is 1. The Morgan fingerprint density at radius 1 is 1.32 bits per heavy atom. The number of carbonyl (C=O) groups excluding carboxylic acids is 2. The summed E-state index contributed by atoms with van der Waals surface area (Å²) in [5.74, 6) is -3.46. The second-order valence-corrected chi connectivity index (χ2v) is 5.03. The minimum atomic E-state index is -1.14. The number of nitrogens with one attached hydrogen (secondary N) is 1. The van der Waals surface area contributed by atoms with Crippen molar-refractivity contribution < 1.29 is 19.5 Å². The fourth-order valence-electron chi connectivity index (χ4n) is 2.07. The number of nitrogens with two attached hydrogens (primary N) is 1. The smallest absolute Gasteiger partial charge is 0.307 e. The maximum atomic E-state index is 12.2. The summed E-state index contributed by atoms with van der Waals surface area (Å²) in [4.78, 5) is 34.7. The summed E-state index contributed by atoms with van der Waals surface area (Å²) in [5, 5.41) is 11.7. The van der Waals surface area contributed by atoms with Gasteiger partial charge in [-0.2, -0.15) is 0 Å². The van der Waals surface area contributed by atoms with Crippen LogP contribution in [-0.2, 0) is 14.4 Å². The van der Waals surface area contributed by atoms with E-state index in [1.165, 1.54) is 0 Å². The van der Waals surface area contributed by atoms with E-state index in [2.05, 4.69) is 5.32 Å². The van der Waals surface area contributed by atoms with Gasteiger partial charge in [-0.3, -0.25) is 14.4 Å². The zero-order chi connectivity index (χ0) is 14.6. The first-order valence-electron chi connectivity index (χ1n) is 6.31. The number of hydrogen-bond donors (Lipinski definition) is 3. The minimum Gasteiger partial charge on any atom is -0.481 e. The van der Waals surface area contributed by atoms with Gasteiger partial charge < -0.3 is 16.2 Å². The summed E-state index contributed by atoms with van der Waals surface area (Å²) in [6.45, 7) is 3.28. The second-order valence-electron chi connectivity index (χ2n) is 5.03. The number of allylic oxidation sites excluding steroid dienone is 2. The Morgan fingerprint density at radius 3 is 2.26 bits per heavy atom. The zero-order valence-corrected chi connectivity index (χ0v) is 11.2. The van der Waals surface area contributed by atoms with Crippen molar-refractivity contribution in [1.82, 2.24) is 5.32 Å². The zero-order valence-electron chi connectivity index (χ0n) is 11.2. The molecule has 1 aliphatic carbocycles. The van der Waals surface area contributed by atoms with Gasteiger partial charge in [0.15, 0.2) is 0 Å². The van der Waals surface area contributed by atoms with Crippen LogP contribution in [0, 0.1) is 11.8 Å². The molecule has 106 valence electrons. The van der Waals surface area contributed by atoms with E-state index in [4.69, 9.17) is 10.8 Å².